The molecule has 0 saturated carbocycles. The van der Waals surface area contributed by atoms with Crippen molar-refractivity contribution in [3.05, 3.63) is 54.4 Å². The Kier molecular flexibility index (Phi) is 4.55. The molecule has 2 aromatic rings. The van der Waals surface area contributed by atoms with E-state index >= 15 is 0 Å². The highest BCUT2D eigenvalue weighted by molar-refractivity contribution is 5.43. The Morgan fingerprint density at radius 2 is 2.06 bits per heavy atom. The summed E-state index contributed by atoms with van der Waals surface area (Å²) in [5.74, 6) is 0.794. The van der Waals surface area contributed by atoms with Crippen molar-refractivity contribution in [1.29, 1.82) is 0 Å². The van der Waals surface area contributed by atoms with Crippen LogP contribution in [0.2, 0.25) is 0 Å². The number of hydrogen-bond donors (Lipinski definition) is 2. The van der Waals surface area contributed by atoms with Crippen LogP contribution in [0.4, 0.5) is 5.69 Å². The number of anilines is 1. The van der Waals surface area contributed by atoms with E-state index in [0.717, 1.165) is 17.0 Å². The first kappa shape index (κ1) is 12.4. The summed E-state index contributed by atoms with van der Waals surface area (Å²) in [4.78, 5) is 4.04. The van der Waals surface area contributed by atoms with Crippen molar-refractivity contribution in [3.8, 4) is 5.75 Å². The summed E-state index contributed by atoms with van der Waals surface area (Å²) >= 11 is 0. The first-order valence-corrected chi connectivity index (χ1v) is 5.85. The number of benzene rings is 1. The van der Waals surface area contributed by atoms with E-state index in [1.54, 1.807) is 12.4 Å². The fourth-order valence-corrected chi connectivity index (χ4v) is 1.61. The summed E-state index contributed by atoms with van der Waals surface area (Å²) in [7, 11) is 0. The van der Waals surface area contributed by atoms with Crippen molar-refractivity contribution in [2.24, 2.45) is 0 Å². The minimum Gasteiger partial charge on any atom is -0.491 e. The van der Waals surface area contributed by atoms with Crippen molar-refractivity contribution in [2.75, 3.05) is 18.5 Å². The SMILES string of the molecule is OCCOc1ccccc1CNc1cccnc1. The standard InChI is InChI=1S/C14H16N2O2/c17-8-9-18-14-6-2-1-4-12(14)10-16-13-5-3-7-15-11-13/h1-7,11,16-17H,8-10H2. The third-order valence-electron chi connectivity index (χ3n) is 2.47. The van der Waals surface area contributed by atoms with E-state index in [1.807, 2.05) is 36.4 Å². The molecule has 0 aliphatic rings. The van der Waals surface area contributed by atoms with Gasteiger partial charge in [-0.2, -0.15) is 0 Å². The van der Waals surface area contributed by atoms with Gasteiger partial charge in [0.05, 0.1) is 12.3 Å². The summed E-state index contributed by atoms with van der Waals surface area (Å²) in [6.07, 6.45) is 3.51. The fraction of sp³-hybridized carbons (Fsp3) is 0.214. The molecule has 0 fully saturated rings. The number of pyridine rings is 1. The summed E-state index contributed by atoms with van der Waals surface area (Å²) < 4.78 is 5.47. The Balaban J connectivity index is 2.00. The zero-order valence-corrected chi connectivity index (χ0v) is 10.0. The predicted octanol–water partition coefficient (Wildman–Crippen LogP) is 2.06. The third kappa shape index (κ3) is 3.46. The number of aliphatic hydroxyl groups excluding tert-OH is 1. The Hall–Kier alpha value is -2.07. The van der Waals surface area contributed by atoms with Crippen LogP contribution in [0.5, 0.6) is 5.75 Å². The zero-order chi connectivity index (χ0) is 12.6. The molecule has 2 N–H and O–H groups in total. The van der Waals surface area contributed by atoms with Crippen LogP contribution in [0.3, 0.4) is 0 Å². The summed E-state index contributed by atoms with van der Waals surface area (Å²) in [5.41, 5.74) is 2.02. The molecule has 0 radical (unpaired) electrons. The molecular formula is C14H16N2O2. The van der Waals surface area contributed by atoms with Gasteiger partial charge in [0.2, 0.25) is 0 Å². The quantitative estimate of drug-likeness (QED) is 0.816. The molecule has 0 unspecified atom stereocenters. The highest BCUT2D eigenvalue weighted by atomic mass is 16.5. The van der Waals surface area contributed by atoms with Gasteiger partial charge in [-0.05, 0) is 18.2 Å². The minimum atomic E-state index is 0.0182. The van der Waals surface area contributed by atoms with E-state index in [-0.39, 0.29) is 6.61 Å². The van der Waals surface area contributed by atoms with Gasteiger partial charge in [0.1, 0.15) is 12.4 Å². The van der Waals surface area contributed by atoms with Gasteiger partial charge >= 0.3 is 0 Å². The topological polar surface area (TPSA) is 54.4 Å². The maximum atomic E-state index is 8.78. The van der Waals surface area contributed by atoms with Crippen LogP contribution >= 0.6 is 0 Å². The molecule has 0 amide bonds. The first-order chi connectivity index (χ1) is 8.90. The molecule has 0 bridgehead atoms. The molecule has 1 aromatic carbocycles. The molecule has 0 spiro atoms. The second kappa shape index (κ2) is 6.61. The molecule has 18 heavy (non-hydrogen) atoms. The Morgan fingerprint density at radius 3 is 2.83 bits per heavy atom. The maximum absolute atomic E-state index is 8.78. The van der Waals surface area contributed by atoms with Gasteiger partial charge in [-0.1, -0.05) is 18.2 Å². The lowest BCUT2D eigenvalue weighted by Gasteiger charge is -2.11. The number of aromatic nitrogens is 1. The Labute approximate surface area is 106 Å². The van der Waals surface area contributed by atoms with Crippen LogP contribution in [-0.4, -0.2) is 23.3 Å². The highest BCUT2D eigenvalue weighted by Crippen LogP contribution is 2.19. The van der Waals surface area contributed by atoms with Crippen LogP contribution in [0.15, 0.2) is 48.8 Å². The number of nitrogens with one attached hydrogen (secondary N) is 1. The fourth-order valence-electron chi connectivity index (χ4n) is 1.61. The Bertz CT molecular complexity index is 474. The lowest BCUT2D eigenvalue weighted by Crippen LogP contribution is -2.06. The van der Waals surface area contributed by atoms with E-state index in [9.17, 15) is 0 Å². The third-order valence-corrected chi connectivity index (χ3v) is 2.47. The predicted molar refractivity (Wildman–Crippen MR) is 70.6 cm³/mol. The molecule has 0 aliphatic heterocycles. The number of rotatable bonds is 6. The summed E-state index contributed by atoms with van der Waals surface area (Å²) in [5, 5.41) is 12.1. The van der Waals surface area contributed by atoms with E-state index < -0.39 is 0 Å². The summed E-state index contributed by atoms with van der Waals surface area (Å²) in [6.45, 7) is 0.988. The first-order valence-electron chi connectivity index (χ1n) is 5.85. The Morgan fingerprint density at radius 1 is 1.17 bits per heavy atom. The molecule has 4 nitrogen and oxygen atoms in total. The van der Waals surface area contributed by atoms with Crippen LogP contribution in [0.1, 0.15) is 5.56 Å². The van der Waals surface area contributed by atoms with Gasteiger partial charge in [0.25, 0.3) is 0 Å². The largest absolute Gasteiger partial charge is 0.491 e. The normalized spacial score (nSPS) is 10.1. The number of nitrogens with zero attached hydrogens (tertiary/aromatic N) is 1. The van der Waals surface area contributed by atoms with Gasteiger partial charge < -0.3 is 15.2 Å². The maximum Gasteiger partial charge on any atom is 0.124 e. The smallest absolute Gasteiger partial charge is 0.124 e. The molecule has 1 aromatic heterocycles. The van der Waals surface area contributed by atoms with Crippen molar-refractivity contribution < 1.29 is 9.84 Å². The van der Waals surface area contributed by atoms with Crippen LogP contribution in [-0.2, 0) is 6.54 Å². The molecule has 2 rings (SSSR count). The average Bonchev–Trinajstić information content (AvgIpc) is 2.45. The van der Waals surface area contributed by atoms with Crippen molar-refractivity contribution in [1.82, 2.24) is 4.98 Å². The lowest BCUT2D eigenvalue weighted by molar-refractivity contribution is 0.200. The van der Waals surface area contributed by atoms with E-state index in [0.29, 0.717) is 13.2 Å². The monoisotopic (exact) mass is 244 g/mol. The molecule has 0 saturated heterocycles. The lowest BCUT2D eigenvalue weighted by atomic mass is 10.2. The molecule has 4 heteroatoms. The van der Waals surface area contributed by atoms with Gasteiger partial charge in [-0.25, -0.2) is 0 Å². The van der Waals surface area contributed by atoms with Crippen molar-refractivity contribution >= 4 is 5.69 Å². The highest BCUT2D eigenvalue weighted by Gasteiger charge is 2.02. The summed E-state index contributed by atoms with van der Waals surface area (Å²) in [6, 6.07) is 11.6. The molecule has 94 valence electrons. The number of aliphatic hydroxyl groups is 1. The van der Waals surface area contributed by atoms with Gasteiger partial charge in [-0.15, -0.1) is 0 Å². The van der Waals surface area contributed by atoms with Crippen LogP contribution < -0.4 is 10.1 Å². The molecule has 0 atom stereocenters. The molecule has 0 aliphatic carbocycles. The van der Waals surface area contributed by atoms with E-state index in [2.05, 4.69) is 10.3 Å². The van der Waals surface area contributed by atoms with E-state index in [1.165, 1.54) is 0 Å². The van der Waals surface area contributed by atoms with Crippen molar-refractivity contribution in [3.63, 3.8) is 0 Å². The van der Waals surface area contributed by atoms with Crippen molar-refractivity contribution in [2.45, 2.75) is 6.54 Å². The minimum absolute atomic E-state index is 0.0182. The second-order valence-corrected chi connectivity index (χ2v) is 3.78. The average molecular weight is 244 g/mol. The van der Waals surface area contributed by atoms with Crippen LogP contribution in [0, 0.1) is 0 Å². The van der Waals surface area contributed by atoms with Gasteiger partial charge in [0.15, 0.2) is 0 Å². The molecular weight excluding hydrogens is 228 g/mol. The van der Waals surface area contributed by atoms with Gasteiger partial charge in [-0.3, -0.25) is 4.98 Å². The molecule has 1 heterocycles. The number of para-hydroxylation sites is 1. The van der Waals surface area contributed by atoms with Gasteiger partial charge in [0, 0.05) is 24.5 Å². The van der Waals surface area contributed by atoms with Crippen LogP contribution in [0.25, 0.3) is 0 Å². The van der Waals surface area contributed by atoms with E-state index in [4.69, 9.17) is 9.84 Å². The second-order valence-electron chi connectivity index (χ2n) is 3.78. The zero-order valence-electron chi connectivity index (χ0n) is 10.0. The number of hydrogen-bond acceptors (Lipinski definition) is 4. The number of ether oxygens (including phenoxy) is 1.